The van der Waals surface area contributed by atoms with E-state index in [9.17, 15) is 5.11 Å². The zero-order valence-corrected chi connectivity index (χ0v) is 9.02. The minimum Gasteiger partial charge on any atom is -0.380 e. The number of aliphatic hydroxyl groups excluding tert-OH is 1. The fourth-order valence-electron chi connectivity index (χ4n) is 1.47. The zero-order valence-electron chi connectivity index (χ0n) is 8.26. The quantitative estimate of drug-likeness (QED) is 0.846. The van der Waals surface area contributed by atoms with Crippen LogP contribution in [0.15, 0.2) is 36.7 Å². The van der Waals surface area contributed by atoms with Crippen molar-refractivity contribution in [2.75, 3.05) is 0 Å². The Morgan fingerprint density at radius 3 is 2.87 bits per heavy atom. The van der Waals surface area contributed by atoms with E-state index in [1.807, 2.05) is 19.2 Å². The van der Waals surface area contributed by atoms with Gasteiger partial charge in [0.1, 0.15) is 11.9 Å². The van der Waals surface area contributed by atoms with Crippen molar-refractivity contribution >= 4 is 11.6 Å². The molecule has 0 bridgehead atoms. The minimum atomic E-state index is -0.733. The van der Waals surface area contributed by atoms with Gasteiger partial charge in [-0.2, -0.15) is 0 Å². The average molecular weight is 223 g/mol. The molecule has 1 aromatic carbocycles. The van der Waals surface area contributed by atoms with E-state index in [0.29, 0.717) is 10.8 Å². The van der Waals surface area contributed by atoms with Gasteiger partial charge in [-0.15, -0.1) is 0 Å². The Hall–Kier alpha value is -1.32. The van der Waals surface area contributed by atoms with Crippen LogP contribution >= 0.6 is 11.6 Å². The number of hydrogen-bond acceptors (Lipinski definition) is 2. The van der Waals surface area contributed by atoms with E-state index < -0.39 is 6.10 Å². The molecule has 0 aliphatic heterocycles. The lowest BCUT2D eigenvalue weighted by atomic mass is 10.1. The molecule has 1 atom stereocenters. The summed E-state index contributed by atoms with van der Waals surface area (Å²) >= 11 is 5.85. The Morgan fingerprint density at radius 1 is 1.47 bits per heavy atom. The van der Waals surface area contributed by atoms with E-state index in [1.54, 1.807) is 29.1 Å². The van der Waals surface area contributed by atoms with Crippen LogP contribution in [0.1, 0.15) is 17.5 Å². The SMILES string of the molecule is Cn1ccnc1C(O)c1cccc(Cl)c1. The molecular formula is C11H11ClN2O. The third-order valence-corrected chi connectivity index (χ3v) is 2.50. The highest BCUT2D eigenvalue weighted by Crippen LogP contribution is 2.22. The van der Waals surface area contributed by atoms with Gasteiger partial charge in [-0.25, -0.2) is 4.98 Å². The van der Waals surface area contributed by atoms with Crippen LogP contribution in [0.5, 0.6) is 0 Å². The average Bonchev–Trinajstić information content (AvgIpc) is 2.63. The molecule has 2 rings (SSSR count). The van der Waals surface area contributed by atoms with Crippen molar-refractivity contribution in [2.24, 2.45) is 7.05 Å². The molecule has 2 aromatic rings. The normalized spacial score (nSPS) is 12.7. The summed E-state index contributed by atoms with van der Waals surface area (Å²) in [4.78, 5) is 4.09. The molecular weight excluding hydrogens is 212 g/mol. The molecule has 15 heavy (non-hydrogen) atoms. The molecule has 78 valence electrons. The van der Waals surface area contributed by atoms with E-state index in [-0.39, 0.29) is 0 Å². The molecule has 1 N–H and O–H groups in total. The molecule has 0 amide bonds. The maximum Gasteiger partial charge on any atom is 0.142 e. The fraction of sp³-hybridized carbons (Fsp3) is 0.182. The highest BCUT2D eigenvalue weighted by molar-refractivity contribution is 6.30. The van der Waals surface area contributed by atoms with Crippen LogP contribution < -0.4 is 0 Å². The molecule has 0 radical (unpaired) electrons. The maximum atomic E-state index is 10.0. The number of halogens is 1. The first-order chi connectivity index (χ1) is 7.18. The number of hydrogen-bond donors (Lipinski definition) is 1. The second-order valence-electron chi connectivity index (χ2n) is 3.35. The Bertz CT molecular complexity index is 467. The Balaban J connectivity index is 2.36. The standard InChI is InChI=1S/C11H11ClN2O/c1-14-6-5-13-11(14)10(15)8-3-2-4-9(12)7-8/h2-7,10,15H,1H3. The first-order valence-electron chi connectivity index (χ1n) is 4.59. The topological polar surface area (TPSA) is 38.0 Å². The Morgan fingerprint density at radius 2 is 2.27 bits per heavy atom. The van der Waals surface area contributed by atoms with Gasteiger partial charge in [0.05, 0.1) is 0 Å². The molecule has 0 fully saturated rings. The van der Waals surface area contributed by atoms with Gasteiger partial charge in [0, 0.05) is 24.5 Å². The van der Waals surface area contributed by atoms with Crippen molar-refractivity contribution in [2.45, 2.75) is 6.10 Å². The summed E-state index contributed by atoms with van der Waals surface area (Å²) in [6.45, 7) is 0. The van der Waals surface area contributed by atoms with Gasteiger partial charge in [-0.3, -0.25) is 0 Å². The summed E-state index contributed by atoms with van der Waals surface area (Å²) in [5.41, 5.74) is 0.747. The molecule has 0 saturated heterocycles. The number of rotatable bonds is 2. The van der Waals surface area contributed by atoms with Crippen LogP contribution in [-0.4, -0.2) is 14.7 Å². The van der Waals surface area contributed by atoms with Gasteiger partial charge < -0.3 is 9.67 Å². The first-order valence-corrected chi connectivity index (χ1v) is 4.97. The smallest absolute Gasteiger partial charge is 0.142 e. The van der Waals surface area contributed by atoms with Crippen molar-refractivity contribution in [1.29, 1.82) is 0 Å². The molecule has 1 unspecified atom stereocenters. The number of aryl methyl sites for hydroxylation is 1. The lowest BCUT2D eigenvalue weighted by molar-refractivity contribution is 0.206. The van der Waals surface area contributed by atoms with Gasteiger partial charge in [0.2, 0.25) is 0 Å². The summed E-state index contributed by atoms with van der Waals surface area (Å²) in [5, 5.41) is 10.7. The molecule has 0 spiro atoms. The van der Waals surface area contributed by atoms with Gasteiger partial charge in [0.15, 0.2) is 0 Å². The summed E-state index contributed by atoms with van der Waals surface area (Å²) < 4.78 is 1.78. The van der Waals surface area contributed by atoms with Crippen LogP contribution in [0.25, 0.3) is 0 Å². The predicted octanol–water partition coefficient (Wildman–Crippen LogP) is 2.16. The third kappa shape index (κ3) is 2.03. The van der Waals surface area contributed by atoms with Gasteiger partial charge in [0.25, 0.3) is 0 Å². The van der Waals surface area contributed by atoms with Crippen LogP contribution in [0, 0.1) is 0 Å². The Kier molecular flexibility index (Phi) is 2.75. The van der Waals surface area contributed by atoms with Crippen LogP contribution in [0.4, 0.5) is 0 Å². The largest absolute Gasteiger partial charge is 0.380 e. The highest BCUT2D eigenvalue weighted by atomic mass is 35.5. The summed E-state index contributed by atoms with van der Waals surface area (Å²) in [5.74, 6) is 0.609. The number of benzene rings is 1. The number of aromatic nitrogens is 2. The lowest BCUT2D eigenvalue weighted by Crippen LogP contribution is -2.06. The zero-order chi connectivity index (χ0) is 10.8. The molecule has 1 heterocycles. The van der Waals surface area contributed by atoms with Crippen molar-refractivity contribution in [3.8, 4) is 0 Å². The Labute approximate surface area is 93.0 Å². The summed E-state index contributed by atoms with van der Waals surface area (Å²) in [7, 11) is 1.84. The van der Waals surface area contributed by atoms with E-state index >= 15 is 0 Å². The molecule has 0 aliphatic rings. The van der Waals surface area contributed by atoms with Crippen molar-refractivity contribution in [3.05, 3.63) is 53.1 Å². The van der Waals surface area contributed by atoms with Crippen LogP contribution in [0.3, 0.4) is 0 Å². The van der Waals surface area contributed by atoms with Crippen molar-refractivity contribution in [1.82, 2.24) is 9.55 Å². The van der Waals surface area contributed by atoms with E-state index in [2.05, 4.69) is 4.98 Å². The molecule has 0 saturated carbocycles. The van der Waals surface area contributed by atoms with Gasteiger partial charge >= 0.3 is 0 Å². The molecule has 3 nitrogen and oxygen atoms in total. The van der Waals surface area contributed by atoms with E-state index in [4.69, 9.17) is 11.6 Å². The predicted molar refractivity (Wildman–Crippen MR) is 58.7 cm³/mol. The number of nitrogens with zero attached hydrogens (tertiary/aromatic N) is 2. The number of imidazole rings is 1. The van der Waals surface area contributed by atoms with Crippen LogP contribution in [0.2, 0.25) is 5.02 Å². The van der Waals surface area contributed by atoms with Gasteiger partial charge in [-0.1, -0.05) is 23.7 Å². The summed E-state index contributed by atoms with van der Waals surface area (Å²) in [6.07, 6.45) is 2.72. The lowest BCUT2D eigenvalue weighted by Gasteiger charge is -2.10. The first kappa shape index (κ1) is 10.2. The fourth-order valence-corrected chi connectivity index (χ4v) is 1.67. The molecule has 4 heteroatoms. The van der Waals surface area contributed by atoms with Crippen molar-refractivity contribution in [3.63, 3.8) is 0 Å². The van der Waals surface area contributed by atoms with Crippen molar-refractivity contribution < 1.29 is 5.11 Å². The second-order valence-corrected chi connectivity index (χ2v) is 3.79. The summed E-state index contributed by atoms with van der Waals surface area (Å²) in [6, 6.07) is 7.14. The van der Waals surface area contributed by atoms with E-state index in [0.717, 1.165) is 5.56 Å². The maximum absolute atomic E-state index is 10.0. The second kappa shape index (κ2) is 4.04. The van der Waals surface area contributed by atoms with E-state index in [1.165, 1.54) is 0 Å². The monoisotopic (exact) mass is 222 g/mol. The highest BCUT2D eigenvalue weighted by Gasteiger charge is 2.14. The molecule has 1 aromatic heterocycles. The van der Waals surface area contributed by atoms with Gasteiger partial charge in [-0.05, 0) is 17.7 Å². The minimum absolute atomic E-state index is 0.609. The van der Waals surface area contributed by atoms with Crippen LogP contribution in [-0.2, 0) is 7.05 Å². The number of aliphatic hydroxyl groups is 1. The third-order valence-electron chi connectivity index (χ3n) is 2.27. The molecule has 0 aliphatic carbocycles.